The summed E-state index contributed by atoms with van der Waals surface area (Å²) in [4.78, 5) is 25.8. The molecular formula is C22H30N2O8. The van der Waals surface area contributed by atoms with Crippen molar-refractivity contribution in [3.63, 3.8) is 0 Å². The average Bonchev–Trinajstić information content (AvgIpc) is 3.21. The number of para-hydroxylation sites is 2. The lowest BCUT2D eigenvalue weighted by atomic mass is 9.98. The first-order chi connectivity index (χ1) is 15.0. The van der Waals surface area contributed by atoms with Gasteiger partial charge < -0.3 is 39.1 Å². The Kier molecular flexibility index (Phi) is 5.93. The number of nitrogens with one attached hydrogen (secondary N) is 2. The Morgan fingerprint density at radius 1 is 0.969 bits per heavy atom. The zero-order valence-electron chi connectivity index (χ0n) is 19.0. The van der Waals surface area contributed by atoms with Gasteiger partial charge in [0.2, 0.25) is 5.91 Å². The summed E-state index contributed by atoms with van der Waals surface area (Å²) >= 11 is 0. The van der Waals surface area contributed by atoms with Crippen molar-refractivity contribution >= 4 is 17.5 Å². The molecule has 0 aliphatic carbocycles. The fourth-order valence-electron chi connectivity index (χ4n) is 4.17. The molecule has 1 aromatic carbocycles. The number of hydrogen-bond acceptors (Lipinski definition) is 8. The average molecular weight is 450 g/mol. The van der Waals surface area contributed by atoms with Gasteiger partial charge >= 0.3 is 0 Å². The predicted octanol–water partition coefficient (Wildman–Crippen LogP) is 1.53. The quantitative estimate of drug-likeness (QED) is 0.695. The van der Waals surface area contributed by atoms with Gasteiger partial charge in [-0.25, -0.2) is 0 Å². The smallest absolute Gasteiger partial charge is 0.252 e. The first kappa shape index (κ1) is 22.9. The van der Waals surface area contributed by atoms with Crippen molar-refractivity contribution in [1.82, 2.24) is 5.32 Å². The lowest BCUT2D eigenvalue weighted by Gasteiger charge is -2.36. The van der Waals surface area contributed by atoms with Gasteiger partial charge in [-0.05, 0) is 46.8 Å². The van der Waals surface area contributed by atoms with E-state index in [9.17, 15) is 9.59 Å². The van der Waals surface area contributed by atoms with E-state index >= 15 is 0 Å². The summed E-state index contributed by atoms with van der Waals surface area (Å²) < 4.78 is 34.9. The van der Waals surface area contributed by atoms with Crippen molar-refractivity contribution in [3.8, 4) is 5.75 Å². The fraction of sp³-hybridized carbons (Fsp3) is 0.636. The van der Waals surface area contributed by atoms with Gasteiger partial charge in [0, 0.05) is 0 Å². The molecule has 2 N–H and O–H groups in total. The lowest BCUT2D eigenvalue weighted by Crippen LogP contribution is -2.60. The van der Waals surface area contributed by atoms with E-state index in [0.29, 0.717) is 11.4 Å². The third kappa shape index (κ3) is 4.46. The molecule has 3 aliphatic rings. The van der Waals surface area contributed by atoms with Crippen LogP contribution in [0.5, 0.6) is 5.75 Å². The van der Waals surface area contributed by atoms with Gasteiger partial charge in [0.25, 0.3) is 5.91 Å². The highest BCUT2D eigenvalue weighted by Gasteiger charge is 2.62. The van der Waals surface area contributed by atoms with E-state index < -0.39 is 60.1 Å². The third-order valence-corrected chi connectivity index (χ3v) is 5.53. The second-order valence-electron chi connectivity index (χ2n) is 9.01. The number of rotatable bonds is 5. The van der Waals surface area contributed by atoms with Crippen LogP contribution in [0.1, 0.15) is 34.6 Å². The highest BCUT2D eigenvalue weighted by molar-refractivity contribution is 5.98. The van der Waals surface area contributed by atoms with E-state index in [1.54, 1.807) is 58.9 Å². The Morgan fingerprint density at radius 3 is 2.31 bits per heavy atom. The second kappa shape index (κ2) is 8.27. The molecule has 4 rings (SSSR count). The van der Waals surface area contributed by atoms with Gasteiger partial charge in [-0.15, -0.1) is 0 Å². The minimum atomic E-state index is -1.04. The molecular weight excluding hydrogens is 420 g/mol. The predicted molar refractivity (Wildman–Crippen MR) is 112 cm³/mol. The Bertz CT molecular complexity index is 888. The molecule has 0 saturated carbocycles. The van der Waals surface area contributed by atoms with Crippen molar-refractivity contribution in [2.45, 2.75) is 82.9 Å². The summed E-state index contributed by atoms with van der Waals surface area (Å²) in [5.41, 5.74) is 0.505. The number of carbonyl (C=O) groups is 2. The molecule has 3 aliphatic heterocycles. The van der Waals surface area contributed by atoms with Gasteiger partial charge in [0.1, 0.15) is 30.1 Å². The minimum absolute atomic E-state index is 0.404. The summed E-state index contributed by atoms with van der Waals surface area (Å²) in [7, 11) is 1.52. The summed E-state index contributed by atoms with van der Waals surface area (Å²) in [5.74, 6) is -2.20. The van der Waals surface area contributed by atoms with Crippen LogP contribution < -0.4 is 15.4 Å². The first-order valence-corrected chi connectivity index (χ1v) is 10.6. The molecule has 6 unspecified atom stereocenters. The second-order valence-corrected chi connectivity index (χ2v) is 9.01. The SMILES string of the molecule is COc1ccccc1NC(=O)C(C)NC(=O)C1OC2OC(C)(C)OC2C2OC(C)(C)OC12. The number of carbonyl (C=O) groups excluding carboxylic acids is 2. The van der Waals surface area contributed by atoms with E-state index in [4.69, 9.17) is 28.4 Å². The van der Waals surface area contributed by atoms with Gasteiger partial charge in [-0.3, -0.25) is 9.59 Å². The maximum atomic E-state index is 13.1. The van der Waals surface area contributed by atoms with E-state index in [1.165, 1.54) is 7.11 Å². The molecule has 0 spiro atoms. The molecule has 3 fully saturated rings. The summed E-state index contributed by atoms with van der Waals surface area (Å²) in [5, 5.41) is 5.46. The van der Waals surface area contributed by atoms with Crippen molar-refractivity contribution < 1.29 is 38.0 Å². The van der Waals surface area contributed by atoms with Crippen molar-refractivity contribution in [2.24, 2.45) is 0 Å². The Morgan fingerprint density at radius 2 is 1.59 bits per heavy atom. The van der Waals surface area contributed by atoms with E-state index in [-0.39, 0.29) is 0 Å². The van der Waals surface area contributed by atoms with Gasteiger partial charge in [-0.2, -0.15) is 0 Å². The van der Waals surface area contributed by atoms with Gasteiger partial charge in [0.05, 0.1) is 12.8 Å². The molecule has 0 radical (unpaired) electrons. The van der Waals surface area contributed by atoms with Crippen LogP contribution in [0, 0.1) is 0 Å². The van der Waals surface area contributed by atoms with Crippen LogP contribution in [-0.4, -0.2) is 67.2 Å². The number of methoxy groups -OCH3 is 1. The molecule has 3 heterocycles. The monoisotopic (exact) mass is 450 g/mol. The maximum Gasteiger partial charge on any atom is 0.252 e. The number of amides is 2. The van der Waals surface area contributed by atoms with Crippen molar-refractivity contribution in [1.29, 1.82) is 0 Å². The topological polar surface area (TPSA) is 114 Å². The Hall–Kier alpha value is -2.24. The molecule has 6 atom stereocenters. The number of hydrogen-bond donors (Lipinski definition) is 2. The summed E-state index contributed by atoms with van der Waals surface area (Å²) in [6.45, 7) is 8.65. The Balaban J connectivity index is 1.45. The van der Waals surface area contributed by atoms with Crippen LogP contribution >= 0.6 is 0 Å². The number of anilines is 1. The van der Waals surface area contributed by atoms with Crippen LogP contribution in [0.15, 0.2) is 24.3 Å². The largest absolute Gasteiger partial charge is 0.495 e. The van der Waals surface area contributed by atoms with Crippen molar-refractivity contribution in [2.75, 3.05) is 12.4 Å². The lowest BCUT2D eigenvalue weighted by molar-refractivity contribution is -0.231. The number of fused-ring (bicyclic) bond motifs is 3. The van der Waals surface area contributed by atoms with E-state index in [1.807, 2.05) is 0 Å². The van der Waals surface area contributed by atoms with Crippen LogP contribution in [0.3, 0.4) is 0 Å². The summed E-state index contributed by atoms with van der Waals surface area (Å²) in [6.07, 6.45) is -3.64. The molecule has 3 saturated heterocycles. The molecule has 10 heteroatoms. The molecule has 0 aromatic heterocycles. The van der Waals surface area contributed by atoms with Gasteiger partial charge in [0.15, 0.2) is 24.0 Å². The van der Waals surface area contributed by atoms with Crippen LogP contribution in [0.25, 0.3) is 0 Å². The minimum Gasteiger partial charge on any atom is -0.495 e. The zero-order valence-corrected chi connectivity index (χ0v) is 19.0. The summed E-state index contributed by atoms with van der Waals surface area (Å²) in [6, 6.07) is 6.17. The molecule has 0 bridgehead atoms. The first-order valence-electron chi connectivity index (χ1n) is 10.6. The molecule has 2 amide bonds. The maximum absolute atomic E-state index is 13.1. The number of ether oxygens (including phenoxy) is 6. The van der Waals surface area contributed by atoms with E-state index in [0.717, 1.165) is 0 Å². The molecule has 10 nitrogen and oxygen atoms in total. The van der Waals surface area contributed by atoms with Gasteiger partial charge in [-0.1, -0.05) is 12.1 Å². The van der Waals surface area contributed by atoms with Crippen LogP contribution in [0.2, 0.25) is 0 Å². The standard InChI is InChI=1S/C22H30N2O8/c1-11(18(25)24-12-9-7-8-10-13(12)27-6)23-19(26)16-14-15(30-21(2,3)29-14)17-20(28-16)32-22(4,5)31-17/h7-11,14-17,20H,1-6H3,(H,23,26)(H,24,25). The zero-order chi connectivity index (χ0) is 23.3. The molecule has 1 aromatic rings. The highest BCUT2D eigenvalue weighted by Crippen LogP contribution is 2.44. The molecule has 176 valence electrons. The highest BCUT2D eigenvalue weighted by atomic mass is 16.9. The normalized spacial score (nSPS) is 33.0. The van der Waals surface area contributed by atoms with Crippen molar-refractivity contribution in [3.05, 3.63) is 24.3 Å². The fourth-order valence-corrected chi connectivity index (χ4v) is 4.17. The molecule has 32 heavy (non-hydrogen) atoms. The van der Waals surface area contributed by atoms with Crippen LogP contribution in [-0.2, 0) is 33.3 Å². The Labute approximate surface area is 186 Å². The third-order valence-electron chi connectivity index (χ3n) is 5.53. The number of benzene rings is 1. The van der Waals surface area contributed by atoms with Crippen LogP contribution in [0.4, 0.5) is 5.69 Å². The van der Waals surface area contributed by atoms with E-state index in [2.05, 4.69) is 10.6 Å².